The van der Waals surface area contributed by atoms with Gasteiger partial charge < -0.3 is 10.1 Å². The summed E-state index contributed by atoms with van der Waals surface area (Å²) in [4.78, 5) is 11.7. The van der Waals surface area contributed by atoms with Crippen molar-refractivity contribution in [2.24, 2.45) is 0 Å². The lowest BCUT2D eigenvalue weighted by molar-refractivity contribution is -0.115. The number of anilines is 1. The Morgan fingerprint density at radius 3 is 2.52 bits per heavy atom. The average Bonchev–Trinajstić information content (AvgIpc) is 2.54. The van der Waals surface area contributed by atoms with Crippen LogP contribution < -0.4 is 14.8 Å². The Bertz CT molecular complexity index is 891. The van der Waals surface area contributed by atoms with Gasteiger partial charge >= 0.3 is 0 Å². The van der Waals surface area contributed by atoms with Gasteiger partial charge in [-0.3, -0.25) is 4.79 Å². The maximum Gasteiger partial charge on any atom is 0.244 e. The van der Waals surface area contributed by atoms with Crippen molar-refractivity contribution in [2.75, 3.05) is 19.0 Å². The number of carbonyl (C=O) groups excluding carboxylic acids is 1. The topological polar surface area (TPSA) is 84.5 Å². The molecule has 0 saturated carbocycles. The SMILES string of the molecule is COc1c(Br)cc(Cl)cc1S(=O)(=O)NCC(=O)Nc1ccc(F)cc1. The van der Waals surface area contributed by atoms with Crippen LogP contribution in [0.25, 0.3) is 0 Å². The second kappa shape index (κ2) is 8.13. The number of rotatable bonds is 6. The molecule has 0 atom stereocenters. The average molecular weight is 452 g/mol. The van der Waals surface area contributed by atoms with Gasteiger partial charge in [0.15, 0.2) is 5.75 Å². The quantitative estimate of drug-likeness (QED) is 0.706. The Hall–Kier alpha value is -1.68. The van der Waals surface area contributed by atoms with Crippen molar-refractivity contribution < 1.29 is 22.3 Å². The number of hydrogen-bond acceptors (Lipinski definition) is 4. The first-order valence-electron chi connectivity index (χ1n) is 6.81. The number of benzene rings is 2. The molecule has 0 saturated heterocycles. The van der Waals surface area contributed by atoms with E-state index in [1.165, 1.54) is 43.5 Å². The molecule has 0 unspecified atom stereocenters. The van der Waals surface area contributed by atoms with Crippen molar-refractivity contribution in [1.82, 2.24) is 4.72 Å². The lowest BCUT2D eigenvalue weighted by atomic mass is 10.3. The molecule has 0 bridgehead atoms. The van der Waals surface area contributed by atoms with Crippen molar-refractivity contribution in [3.8, 4) is 5.75 Å². The normalized spacial score (nSPS) is 11.2. The van der Waals surface area contributed by atoms with E-state index in [1.54, 1.807) is 0 Å². The molecule has 0 aliphatic carbocycles. The molecule has 2 aromatic rings. The predicted octanol–water partition coefficient (Wildman–Crippen LogP) is 3.17. The first kappa shape index (κ1) is 19.6. The molecular weight excluding hydrogens is 439 g/mol. The van der Waals surface area contributed by atoms with Crippen LogP contribution in [0.15, 0.2) is 45.8 Å². The largest absolute Gasteiger partial charge is 0.494 e. The molecular formula is C15H13BrClFN2O4S. The molecule has 1 amide bonds. The van der Waals surface area contributed by atoms with Gasteiger partial charge in [-0.15, -0.1) is 0 Å². The number of carbonyl (C=O) groups is 1. The number of hydrogen-bond donors (Lipinski definition) is 2. The number of methoxy groups -OCH3 is 1. The number of amides is 1. The number of ether oxygens (including phenoxy) is 1. The summed E-state index contributed by atoms with van der Waals surface area (Å²) >= 11 is 9.05. The molecule has 10 heteroatoms. The molecule has 0 spiro atoms. The highest BCUT2D eigenvalue weighted by Crippen LogP contribution is 2.35. The van der Waals surface area contributed by atoms with Gasteiger partial charge in [-0.2, -0.15) is 0 Å². The Balaban J connectivity index is 2.11. The zero-order chi connectivity index (χ0) is 18.6. The molecule has 6 nitrogen and oxygen atoms in total. The predicted molar refractivity (Wildman–Crippen MR) is 95.9 cm³/mol. The molecule has 2 rings (SSSR count). The molecule has 0 aliphatic rings. The summed E-state index contributed by atoms with van der Waals surface area (Å²) in [5, 5.41) is 2.63. The maximum absolute atomic E-state index is 12.8. The van der Waals surface area contributed by atoms with Crippen LogP contribution in [0.2, 0.25) is 5.02 Å². The third-order valence-electron chi connectivity index (χ3n) is 3.02. The van der Waals surface area contributed by atoms with Gasteiger partial charge in [-0.1, -0.05) is 11.6 Å². The van der Waals surface area contributed by atoms with Crippen molar-refractivity contribution >= 4 is 49.1 Å². The van der Waals surface area contributed by atoms with Crippen LogP contribution in [0.5, 0.6) is 5.75 Å². The first-order valence-corrected chi connectivity index (χ1v) is 9.46. The van der Waals surface area contributed by atoms with E-state index in [1.807, 2.05) is 0 Å². The Labute approximate surface area is 157 Å². The van der Waals surface area contributed by atoms with Crippen LogP contribution in [-0.4, -0.2) is 28.0 Å². The summed E-state index contributed by atoms with van der Waals surface area (Å²) in [6, 6.07) is 7.77. The lowest BCUT2D eigenvalue weighted by Crippen LogP contribution is -2.33. The van der Waals surface area contributed by atoms with Gasteiger partial charge in [0.1, 0.15) is 10.7 Å². The summed E-state index contributed by atoms with van der Waals surface area (Å²) in [5.74, 6) is -0.997. The van der Waals surface area contributed by atoms with Crippen molar-refractivity contribution in [3.05, 3.63) is 51.7 Å². The van der Waals surface area contributed by atoms with Crippen LogP contribution in [0.4, 0.5) is 10.1 Å². The van der Waals surface area contributed by atoms with Gasteiger partial charge in [0, 0.05) is 10.7 Å². The highest BCUT2D eigenvalue weighted by Gasteiger charge is 2.23. The monoisotopic (exact) mass is 450 g/mol. The zero-order valence-corrected chi connectivity index (χ0v) is 16.0. The first-order chi connectivity index (χ1) is 11.7. The number of nitrogens with one attached hydrogen (secondary N) is 2. The van der Waals surface area contributed by atoms with E-state index >= 15 is 0 Å². The minimum atomic E-state index is -4.05. The van der Waals surface area contributed by atoms with Gasteiger partial charge in [-0.05, 0) is 52.3 Å². The van der Waals surface area contributed by atoms with Gasteiger partial charge in [0.25, 0.3) is 0 Å². The van der Waals surface area contributed by atoms with Crippen molar-refractivity contribution in [1.29, 1.82) is 0 Å². The van der Waals surface area contributed by atoms with E-state index in [-0.39, 0.29) is 15.7 Å². The van der Waals surface area contributed by atoms with Crippen molar-refractivity contribution in [2.45, 2.75) is 4.90 Å². The van der Waals surface area contributed by atoms with E-state index in [0.717, 1.165) is 0 Å². The van der Waals surface area contributed by atoms with Crippen LogP contribution in [0.1, 0.15) is 0 Å². The van der Waals surface area contributed by atoms with E-state index in [4.69, 9.17) is 16.3 Å². The minimum Gasteiger partial charge on any atom is -0.494 e. The van der Waals surface area contributed by atoms with E-state index in [9.17, 15) is 17.6 Å². The van der Waals surface area contributed by atoms with Gasteiger partial charge in [-0.25, -0.2) is 17.5 Å². The van der Waals surface area contributed by atoms with E-state index in [0.29, 0.717) is 10.2 Å². The third kappa shape index (κ3) is 5.15. The Kier molecular flexibility index (Phi) is 6.39. The highest BCUT2D eigenvalue weighted by molar-refractivity contribution is 9.10. The maximum atomic E-state index is 12.8. The number of halogens is 3. The molecule has 0 aliphatic heterocycles. The molecule has 2 aromatic carbocycles. The van der Waals surface area contributed by atoms with Crippen LogP contribution in [0.3, 0.4) is 0 Å². The standard InChI is InChI=1S/C15H13BrClFN2O4S/c1-24-15-12(16)6-9(17)7-13(15)25(22,23)19-8-14(21)20-11-4-2-10(18)3-5-11/h2-7,19H,8H2,1H3,(H,20,21). The summed E-state index contributed by atoms with van der Waals surface area (Å²) in [6.45, 7) is -0.521. The second-order valence-corrected chi connectivity index (χ2v) is 7.82. The highest BCUT2D eigenvalue weighted by atomic mass is 79.9. The van der Waals surface area contributed by atoms with Gasteiger partial charge in [0.2, 0.25) is 15.9 Å². The minimum absolute atomic E-state index is 0.0656. The molecule has 2 N–H and O–H groups in total. The zero-order valence-electron chi connectivity index (χ0n) is 12.8. The molecule has 0 fully saturated rings. The smallest absolute Gasteiger partial charge is 0.244 e. The summed E-state index contributed by atoms with van der Waals surface area (Å²) in [7, 11) is -2.74. The lowest BCUT2D eigenvalue weighted by Gasteiger charge is -2.13. The number of sulfonamides is 1. The summed E-state index contributed by atoms with van der Waals surface area (Å²) < 4.78 is 45.3. The Morgan fingerprint density at radius 1 is 1.28 bits per heavy atom. The van der Waals surface area contributed by atoms with Crippen LogP contribution >= 0.6 is 27.5 Å². The van der Waals surface area contributed by atoms with E-state index < -0.39 is 28.3 Å². The molecule has 0 heterocycles. The molecule has 134 valence electrons. The Morgan fingerprint density at radius 2 is 1.92 bits per heavy atom. The fourth-order valence-corrected chi connectivity index (χ4v) is 4.28. The fraction of sp³-hybridized carbons (Fsp3) is 0.133. The second-order valence-electron chi connectivity index (χ2n) is 4.80. The summed E-state index contributed by atoms with van der Waals surface area (Å²) in [5.41, 5.74) is 0.341. The molecule has 0 radical (unpaired) electrons. The van der Waals surface area contributed by atoms with Crippen LogP contribution in [-0.2, 0) is 14.8 Å². The molecule has 25 heavy (non-hydrogen) atoms. The van der Waals surface area contributed by atoms with Crippen LogP contribution in [0, 0.1) is 5.82 Å². The van der Waals surface area contributed by atoms with E-state index in [2.05, 4.69) is 26.0 Å². The van der Waals surface area contributed by atoms with Gasteiger partial charge in [0.05, 0.1) is 18.1 Å². The summed E-state index contributed by atoms with van der Waals surface area (Å²) in [6.07, 6.45) is 0. The van der Waals surface area contributed by atoms with Crippen molar-refractivity contribution in [3.63, 3.8) is 0 Å². The molecule has 0 aromatic heterocycles. The third-order valence-corrected chi connectivity index (χ3v) is 5.23. The fourth-order valence-electron chi connectivity index (χ4n) is 1.91.